The second kappa shape index (κ2) is 8.77. The van der Waals surface area contributed by atoms with Crippen molar-refractivity contribution in [3.8, 4) is 11.1 Å². The SMILES string of the molecule is CC(=O)NC1Nc2ccc(-c3cncc(NC(=O)Cc4cccc(Cl)c4)c3)cc2S1. The molecular formula is C22H19ClN4O2S. The number of rotatable bonds is 5. The van der Waals surface area contributed by atoms with E-state index in [9.17, 15) is 9.59 Å². The molecule has 2 heterocycles. The zero-order valence-electron chi connectivity index (χ0n) is 16.1. The number of halogens is 1. The van der Waals surface area contributed by atoms with Crippen LogP contribution < -0.4 is 16.0 Å². The molecule has 0 radical (unpaired) electrons. The highest BCUT2D eigenvalue weighted by molar-refractivity contribution is 8.00. The molecule has 152 valence electrons. The van der Waals surface area contributed by atoms with Gasteiger partial charge in [-0.25, -0.2) is 0 Å². The summed E-state index contributed by atoms with van der Waals surface area (Å²) in [4.78, 5) is 29.0. The van der Waals surface area contributed by atoms with Crippen molar-refractivity contribution in [1.82, 2.24) is 10.3 Å². The van der Waals surface area contributed by atoms with Gasteiger partial charge < -0.3 is 16.0 Å². The molecule has 3 aromatic rings. The van der Waals surface area contributed by atoms with Gasteiger partial charge in [0.2, 0.25) is 11.8 Å². The number of pyridine rings is 1. The first kappa shape index (κ1) is 20.3. The Hall–Kier alpha value is -3.03. The van der Waals surface area contributed by atoms with Gasteiger partial charge in [0.25, 0.3) is 0 Å². The number of carbonyl (C=O) groups is 2. The van der Waals surface area contributed by atoms with Gasteiger partial charge in [0, 0.05) is 28.6 Å². The fourth-order valence-corrected chi connectivity index (χ4v) is 4.50. The molecule has 1 aliphatic rings. The lowest BCUT2D eigenvalue weighted by atomic mass is 10.1. The van der Waals surface area contributed by atoms with Crippen LogP contribution in [0.2, 0.25) is 5.02 Å². The first-order valence-electron chi connectivity index (χ1n) is 9.30. The van der Waals surface area contributed by atoms with E-state index in [0.717, 1.165) is 27.3 Å². The van der Waals surface area contributed by atoms with E-state index in [4.69, 9.17) is 11.6 Å². The second-order valence-electron chi connectivity index (χ2n) is 6.87. The Balaban J connectivity index is 1.46. The molecule has 4 rings (SSSR count). The fraction of sp³-hybridized carbons (Fsp3) is 0.136. The normalized spacial score (nSPS) is 14.5. The van der Waals surface area contributed by atoms with Crippen molar-refractivity contribution in [2.24, 2.45) is 0 Å². The number of nitrogens with zero attached hydrogens (tertiary/aromatic N) is 1. The van der Waals surface area contributed by atoms with E-state index < -0.39 is 0 Å². The summed E-state index contributed by atoms with van der Waals surface area (Å²) in [6, 6.07) is 15.1. The Bertz CT molecular complexity index is 1120. The monoisotopic (exact) mass is 438 g/mol. The van der Waals surface area contributed by atoms with Gasteiger partial charge in [-0.1, -0.05) is 41.6 Å². The molecule has 0 aliphatic carbocycles. The highest BCUT2D eigenvalue weighted by Crippen LogP contribution is 2.39. The number of benzene rings is 2. The van der Waals surface area contributed by atoms with Gasteiger partial charge >= 0.3 is 0 Å². The van der Waals surface area contributed by atoms with Crippen molar-refractivity contribution in [3.05, 3.63) is 71.5 Å². The van der Waals surface area contributed by atoms with Crippen LogP contribution in [0.15, 0.2) is 65.8 Å². The smallest absolute Gasteiger partial charge is 0.228 e. The molecule has 6 nitrogen and oxygen atoms in total. The van der Waals surface area contributed by atoms with Gasteiger partial charge in [-0.3, -0.25) is 14.6 Å². The Morgan fingerprint density at radius 1 is 1.13 bits per heavy atom. The van der Waals surface area contributed by atoms with Crippen LogP contribution >= 0.6 is 23.4 Å². The standard InChI is InChI=1S/C22H19ClN4O2S/c1-13(28)25-22-27-19-6-5-15(10-20(19)30-22)16-9-18(12-24-11-16)26-21(29)8-14-3-2-4-17(23)7-14/h2-7,9-12,22,27H,8H2,1H3,(H,25,28)(H,26,29). The maximum atomic E-state index is 12.4. The minimum Gasteiger partial charge on any atom is -0.356 e. The number of anilines is 2. The van der Waals surface area contributed by atoms with Crippen molar-refractivity contribution in [3.63, 3.8) is 0 Å². The number of fused-ring (bicyclic) bond motifs is 1. The van der Waals surface area contributed by atoms with Crippen molar-refractivity contribution in [1.29, 1.82) is 0 Å². The van der Waals surface area contributed by atoms with Gasteiger partial charge in [-0.2, -0.15) is 0 Å². The average Bonchev–Trinajstić information content (AvgIpc) is 3.08. The molecule has 0 bridgehead atoms. The predicted octanol–water partition coefficient (Wildman–Crippen LogP) is 4.52. The Morgan fingerprint density at radius 3 is 2.80 bits per heavy atom. The van der Waals surface area contributed by atoms with Crippen molar-refractivity contribution in [2.75, 3.05) is 10.6 Å². The third-order valence-corrected chi connectivity index (χ3v) is 5.75. The number of aromatic nitrogens is 1. The molecule has 30 heavy (non-hydrogen) atoms. The molecule has 1 unspecified atom stereocenters. The lowest BCUT2D eigenvalue weighted by Crippen LogP contribution is -2.33. The summed E-state index contributed by atoms with van der Waals surface area (Å²) >= 11 is 7.53. The topological polar surface area (TPSA) is 83.1 Å². The number of amides is 2. The molecule has 0 saturated carbocycles. The fourth-order valence-electron chi connectivity index (χ4n) is 3.17. The summed E-state index contributed by atoms with van der Waals surface area (Å²) in [5, 5.41) is 9.60. The van der Waals surface area contributed by atoms with Crippen LogP contribution in [0.1, 0.15) is 12.5 Å². The third-order valence-electron chi connectivity index (χ3n) is 4.46. The molecule has 1 aliphatic heterocycles. The maximum Gasteiger partial charge on any atom is 0.228 e. The number of thioether (sulfide) groups is 1. The Morgan fingerprint density at radius 2 is 2.00 bits per heavy atom. The minimum atomic E-state index is -0.178. The van der Waals surface area contributed by atoms with E-state index in [1.54, 1.807) is 36.3 Å². The van der Waals surface area contributed by atoms with Gasteiger partial charge in [-0.05, 0) is 41.5 Å². The third kappa shape index (κ3) is 4.93. The van der Waals surface area contributed by atoms with Gasteiger partial charge in [0.15, 0.2) is 5.50 Å². The lowest BCUT2D eigenvalue weighted by molar-refractivity contribution is -0.119. The predicted molar refractivity (Wildman–Crippen MR) is 121 cm³/mol. The zero-order valence-corrected chi connectivity index (χ0v) is 17.7. The number of hydrogen-bond donors (Lipinski definition) is 3. The molecule has 2 amide bonds. The van der Waals surface area contributed by atoms with E-state index in [0.29, 0.717) is 10.7 Å². The highest BCUT2D eigenvalue weighted by atomic mass is 35.5. The van der Waals surface area contributed by atoms with E-state index in [-0.39, 0.29) is 23.7 Å². The largest absolute Gasteiger partial charge is 0.356 e. The van der Waals surface area contributed by atoms with Gasteiger partial charge in [0.1, 0.15) is 0 Å². The first-order valence-corrected chi connectivity index (χ1v) is 10.6. The second-order valence-corrected chi connectivity index (χ2v) is 8.45. The first-order chi connectivity index (χ1) is 14.5. The van der Waals surface area contributed by atoms with Crippen LogP contribution in [0, 0.1) is 0 Å². The summed E-state index contributed by atoms with van der Waals surface area (Å²) in [5.41, 5.74) is 4.14. The summed E-state index contributed by atoms with van der Waals surface area (Å²) in [6.45, 7) is 1.49. The molecule has 0 spiro atoms. The quantitative estimate of drug-likeness (QED) is 0.545. The molecule has 0 fully saturated rings. The highest BCUT2D eigenvalue weighted by Gasteiger charge is 2.22. The van der Waals surface area contributed by atoms with Crippen molar-refractivity contribution < 1.29 is 9.59 Å². The van der Waals surface area contributed by atoms with Crippen molar-refractivity contribution in [2.45, 2.75) is 23.7 Å². The number of hydrogen-bond acceptors (Lipinski definition) is 5. The zero-order chi connectivity index (χ0) is 21.1. The molecule has 8 heteroatoms. The summed E-state index contributed by atoms with van der Waals surface area (Å²) in [6.07, 6.45) is 3.61. The van der Waals surface area contributed by atoms with E-state index in [1.165, 1.54) is 6.92 Å². The van der Waals surface area contributed by atoms with Crippen LogP contribution in [0.25, 0.3) is 11.1 Å². The molecule has 1 atom stereocenters. The molecule has 2 aromatic carbocycles. The Kier molecular flexibility index (Phi) is 5.92. The average molecular weight is 439 g/mol. The van der Waals surface area contributed by atoms with Crippen LogP contribution in [0.3, 0.4) is 0 Å². The van der Waals surface area contributed by atoms with E-state index in [2.05, 4.69) is 20.9 Å². The van der Waals surface area contributed by atoms with E-state index in [1.807, 2.05) is 36.4 Å². The maximum absolute atomic E-state index is 12.4. The Labute approximate surface area is 183 Å². The van der Waals surface area contributed by atoms with Crippen molar-refractivity contribution >= 4 is 46.6 Å². The minimum absolute atomic E-state index is 0.0848. The van der Waals surface area contributed by atoms with E-state index >= 15 is 0 Å². The molecular weight excluding hydrogens is 420 g/mol. The lowest BCUT2D eigenvalue weighted by Gasteiger charge is -2.09. The van der Waals surface area contributed by atoms with Gasteiger partial charge in [0.05, 0.1) is 24.0 Å². The van der Waals surface area contributed by atoms with Crippen LogP contribution in [-0.2, 0) is 16.0 Å². The number of carbonyl (C=O) groups excluding carboxylic acids is 2. The van der Waals surface area contributed by atoms with Gasteiger partial charge in [-0.15, -0.1) is 0 Å². The molecule has 0 saturated heterocycles. The summed E-state index contributed by atoms with van der Waals surface area (Å²) in [5.74, 6) is -0.221. The van der Waals surface area contributed by atoms with Crippen LogP contribution in [0.5, 0.6) is 0 Å². The summed E-state index contributed by atoms with van der Waals surface area (Å²) < 4.78 is 0. The number of nitrogens with one attached hydrogen (secondary N) is 3. The summed E-state index contributed by atoms with van der Waals surface area (Å²) in [7, 11) is 0. The molecule has 3 N–H and O–H groups in total. The molecule has 1 aromatic heterocycles. The van der Waals surface area contributed by atoms with Crippen LogP contribution in [0.4, 0.5) is 11.4 Å². The van der Waals surface area contributed by atoms with Crippen LogP contribution in [-0.4, -0.2) is 22.3 Å².